The molecule has 0 bridgehead atoms. The molecule has 0 saturated carbocycles. The van der Waals surface area contributed by atoms with Crippen LogP contribution in [0.15, 0.2) is 89.8 Å². The van der Waals surface area contributed by atoms with Crippen molar-refractivity contribution >= 4 is 74.3 Å². The Kier molecular flexibility index (Phi) is 7.49. The summed E-state index contributed by atoms with van der Waals surface area (Å²) >= 11 is 3.60. The standard InChI is InChI=1S/C26H19IN2O4S/c27-17-7-9-18(10-8-17)28-23(30)15-34-20-13-11-19(12-14-20)29-25(31)21-5-1-3-16-4-2-6-22(24(16)21)26(32)33/h1-14H,15H2,(H,28,30)(H,29,31)(H,32,33). The van der Waals surface area contributed by atoms with Gasteiger partial charge in [-0.05, 0) is 88.6 Å². The van der Waals surface area contributed by atoms with Crippen molar-refractivity contribution < 1.29 is 19.5 Å². The van der Waals surface area contributed by atoms with E-state index in [0.29, 0.717) is 22.0 Å². The van der Waals surface area contributed by atoms with E-state index in [-0.39, 0.29) is 17.2 Å². The third-order valence-corrected chi connectivity index (χ3v) is 6.72. The zero-order chi connectivity index (χ0) is 24.1. The Morgan fingerprint density at radius 3 is 2.00 bits per heavy atom. The van der Waals surface area contributed by atoms with Crippen LogP contribution in [-0.4, -0.2) is 28.6 Å². The summed E-state index contributed by atoms with van der Waals surface area (Å²) in [6.07, 6.45) is 0. The number of anilines is 2. The average Bonchev–Trinajstić information content (AvgIpc) is 2.84. The summed E-state index contributed by atoms with van der Waals surface area (Å²) in [5.74, 6) is -1.32. The van der Waals surface area contributed by atoms with Crippen LogP contribution in [-0.2, 0) is 4.79 Å². The molecule has 34 heavy (non-hydrogen) atoms. The zero-order valence-electron chi connectivity index (χ0n) is 17.7. The summed E-state index contributed by atoms with van der Waals surface area (Å²) in [6.45, 7) is 0. The number of amides is 2. The van der Waals surface area contributed by atoms with Gasteiger partial charge in [0.05, 0.1) is 11.3 Å². The molecule has 0 spiro atoms. The van der Waals surface area contributed by atoms with E-state index in [2.05, 4.69) is 33.2 Å². The van der Waals surface area contributed by atoms with Crippen molar-refractivity contribution in [2.24, 2.45) is 0 Å². The second kappa shape index (κ2) is 10.7. The average molecular weight is 582 g/mol. The number of rotatable bonds is 7. The van der Waals surface area contributed by atoms with Crippen molar-refractivity contribution in [1.29, 1.82) is 0 Å². The molecule has 4 rings (SSSR count). The van der Waals surface area contributed by atoms with Crippen LogP contribution in [0.5, 0.6) is 0 Å². The van der Waals surface area contributed by atoms with Crippen LogP contribution in [0, 0.1) is 3.57 Å². The first-order valence-electron chi connectivity index (χ1n) is 10.3. The fraction of sp³-hybridized carbons (Fsp3) is 0.0385. The third-order valence-electron chi connectivity index (χ3n) is 4.99. The second-order valence-electron chi connectivity index (χ2n) is 7.34. The first-order valence-corrected chi connectivity index (χ1v) is 12.3. The Morgan fingerprint density at radius 2 is 1.35 bits per heavy atom. The molecule has 4 aromatic rings. The minimum Gasteiger partial charge on any atom is -0.478 e. The molecular formula is C26H19IN2O4S. The van der Waals surface area contributed by atoms with E-state index in [1.54, 1.807) is 42.5 Å². The largest absolute Gasteiger partial charge is 0.478 e. The number of carboxylic acid groups (broad SMARTS) is 1. The predicted molar refractivity (Wildman–Crippen MR) is 144 cm³/mol. The maximum atomic E-state index is 12.9. The molecule has 0 fully saturated rings. The molecule has 0 unspecified atom stereocenters. The second-order valence-corrected chi connectivity index (χ2v) is 9.63. The SMILES string of the molecule is O=C(CSc1ccc(NC(=O)c2cccc3cccc(C(=O)O)c23)cc1)Nc1ccc(I)cc1. The molecule has 0 aliphatic heterocycles. The maximum absolute atomic E-state index is 12.9. The molecule has 3 N–H and O–H groups in total. The summed E-state index contributed by atoms with van der Waals surface area (Å²) in [5.41, 5.74) is 1.70. The summed E-state index contributed by atoms with van der Waals surface area (Å²) in [4.78, 5) is 37.7. The Balaban J connectivity index is 1.40. The van der Waals surface area contributed by atoms with E-state index in [1.807, 2.05) is 36.4 Å². The Bertz CT molecular complexity index is 1370. The van der Waals surface area contributed by atoms with Gasteiger partial charge in [0, 0.05) is 30.8 Å². The lowest BCUT2D eigenvalue weighted by atomic mass is 9.98. The highest BCUT2D eigenvalue weighted by molar-refractivity contribution is 14.1. The first-order chi connectivity index (χ1) is 16.4. The first kappa shape index (κ1) is 23.8. The summed E-state index contributed by atoms with van der Waals surface area (Å²) in [5, 5.41) is 16.3. The number of carboxylic acids is 1. The van der Waals surface area contributed by atoms with Gasteiger partial charge in [0.2, 0.25) is 5.91 Å². The Morgan fingerprint density at radius 1 is 0.765 bits per heavy atom. The molecule has 2 amide bonds. The monoisotopic (exact) mass is 582 g/mol. The highest BCUT2D eigenvalue weighted by atomic mass is 127. The van der Waals surface area contributed by atoms with Crippen molar-refractivity contribution in [3.05, 3.63) is 99.6 Å². The number of fused-ring (bicyclic) bond motifs is 1. The van der Waals surface area contributed by atoms with Gasteiger partial charge in [-0.25, -0.2) is 4.79 Å². The molecule has 0 saturated heterocycles. The van der Waals surface area contributed by atoms with Crippen LogP contribution in [0.4, 0.5) is 11.4 Å². The van der Waals surface area contributed by atoms with Crippen LogP contribution in [0.2, 0.25) is 0 Å². The van der Waals surface area contributed by atoms with Crippen LogP contribution >= 0.6 is 34.4 Å². The number of thioether (sulfide) groups is 1. The van der Waals surface area contributed by atoms with Crippen LogP contribution in [0.3, 0.4) is 0 Å². The number of carbonyl (C=O) groups excluding carboxylic acids is 2. The van der Waals surface area contributed by atoms with E-state index >= 15 is 0 Å². The topological polar surface area (TPSA) is 95.5 Å². The van der Waals surface area contributed by atoms with E-state index in [4.69, 9.17) is 0 Å². The molecular weight excluding hydrogens is 563 g/mol. The molecule has 0 aliphatic carbocycles. The lowest BCUT2D eigenvalue weighted by molar-refractivity contribution is -0.113. The van der Waals surface area contributed by atoms with Gasteiger partial charge < -0.3 is 15.7 Å². The predicted octanol–water partition coefficient (Wildman–Crippen LogP) is 6.13. The highest BCUT2D eigenvalue weighted by Crippen LogP contribution is 2.25. The van der Waals surface area contributed by atoms with Crippen LogP contribution < -0.4 is 10.6 Å². The molecule has 170 valence electrons. The van der Waals surface area contributed by atoms with Gasteiger partial charge in [0.1, 0.15) is 0 Å². The molecule has 8 heteroatoms. The number of nitrogens with one attached hydrogen (secondary N) is 2. The molecule has 0 radical (unpaired) electrons. The number of hydrogen-bond acceptors (Lipinski definition) is 4. The maximum Gasteiger partial charge on any atom is 0.336 e. The normalized spacial score (nSPS) is 10.6. The fourth-order valence-electron chi connectivity index (χ4n) is 3.42. The van der Waals surface area contributed by atoms with Crippen molar-refractivity contribution in [3.63, 3.8) is 0 Å². The number of aromatic carboxylic acids is 1. The molecule has 6 nitrogen and oxygen atoms in total. The fourth-order valence-corrected chi connectivity index (χ4v) is 4.48. The minimum atomic E-state index is -1.08. The number of carbonyl (C=O) groups is 3. The van der Waals surface area contributed by atoms with E-state index < -0.39 is 11.9 Å². The smallest absolute Gasteiger partial charge is 0.336 e. The summed E-state index contributed by atoms with van der Waals surface area (Å²) in [7, 11) is 0. The van der Waals surface area contributed by atoms with Gasteiger partial charge in [-0.3, -0.25) is 9.59 Å². The Labute approximate surface area is 213 Å². The summed E-state index contributed by atoms with van der Waals surface area (Å²) < 4.78 is 1.10. The van der Waals surface area contributed by atoms with Crippen molar-refractivity contribution in [2.45, 2.75) is 4.90 Å². The number of halogens is 1. The highest BCUT2D eigenvalue weighted by Gasteiger charge is 2.16. The van der Waals surface area contributed by atoms with Gasteiger partial charge in [-0.15, -0.1) is 11.8 Å². The van der Waals surface area contributed by atoms with Gasteiger partial charge in [0.25, 0.3) is 5.91 Å². The molecule has 0 aromatic heterocycles. The quantitative estimate of drug-likeness (QED) is 0.180. The van der Waals surface area contributed by atoms with Gasteiger partial charge in [-0.1, -0.05) is 24.3 Å². The van der Waals surface area contributed by atoms with E-state index in [0.717, 1.165) is 14.2 Å². The van der Waals surface area contributed by atoms with Crippen molar-refractivity contribution in [3.8, 4) is 0 Å². The molecule has 0 heterocycles. The van der Waals surface area contributed by atoms with E-state index in [1.165, 1.54) is 17.8 Å². The van der Waals surface area contributed by atoms with Gasteiger partial charge in [-0.2, -0.15) is 0 Å². The Hall–Kier alpha value is -3.37. The molecule has 4 aromatic carbocycles. The van der Waals surface area contributed by atoms with Crippen LogP contribution in [0.1, 0.15) is 20.7 Å². The molecule has 0 aliphatic rings. The number of benzene rings is 4. The van der Waals surface area contributed by atoms with Gasteiger partial charge in [0.15, 0.2) is 0 Å². The number of hydrogen-bond donors (Lipinski definition) is 3. The van der Waals surface area contributed by atoms with Crippen molar-refractivity contribution in [2.75, 3.05) is 16.4 Å². The minimum absolute atomic E-state index is 0.0820. The van der Waals surface area contributed by atoms with E-state index in [9.17, 15) is 19.5 Å². The van der Waals surface area contributed by atoms with Crippen molar-refractivity contribution in [1.82, 2.24) is 0 Å². The van der Waals surface area contributed by atoms with Gasteiger partial charge >= 0.3 is 5.97 Å². The molecule has 0 atom stereocenters. The third kappa shape index (κ3) is 5.75. The lowest BCUT2D eigenvalue weighted by Gasteiger charge is -2.11. The zero-order valence-corrected chi connectivity index (χ0v) is 20.7. The van der Waals surface area contributed by atoms with Crippen LogP contribution in [0.25, 0.3) is 10.8 Å². The lowest BCUT2D eigenvalue weighted by Crippen LogP contribution is -2.14. The summed E-state index contributed by atoms with van der Waals surface area (Å²) in [6, 6.07) is 24.8.